The highest BCUT2D eigenvalue weighted by molar-refractivity contribution is 7.92. The number of anilines is 1. The van der Waals surface area contributed by atoms with Crippen molar-refractivity contribution in [2.45, 2.75) is 11.9 Å². The molecule has 1 aromatic carbocycles. The Morgan fingerprint density at radius 1 is 1.45 bits per heavy atom. The van der Waals surface area contributed by atoms with E-state index in [-0.39, 0.29) is 5.69 Å². The molecule has 0 atom stereocenters. The minimum absolute atomic E-state index is 0.268. The monoisotopic (exact) mass is 299 g/mol. The lowest BCUT2D eigenvalue weighted by atomic mass is 10.2. The summed E-state index contributed by atoms with van der Waals surface area (Å²) < 4.78 is 39.6. The van der Waals surface area contributed by atoms with Gasteiger partial charge in [0.2, 0.25) is 0 Å². The Labute approximate surface area is 113 Å². The molecule has 2 rings (SSSR count). The van der Waals surface area contributed by atoms with Crippen LogP contribution in [0.25, 0.3) is 0 Å². The third-order valence-corrected chi connectivity index (χ3v) is 3.81. The number of nitrogens with zero attached hydrogens (tertiary/aromatic N) is 1. The van der Waals surface area contributed by atoms with Crippen LogP contribution in [0.3, 0.4) is 0 Å². The normalized spacial score (nSPS) is 11.3. The zero-order valence-corrected chi connectivity index (χ0v) is 11.0. The van der Waals surface area contributed by atoms with E-state index in [0.29, 0.717) is 5.56 Å². The molecule has 1 heterocycles. The van der Waals surface area contributed by atoms with Crippen LogP contribution in [0.2, 0.25) is 0 Å². The Kier molecular flexibility index (Phi) is 3.45. The minimum Gasteiger partial charge on any atom is -0.478 e. The average Bonchev–Trinajstić information content (AvgIpc) is 2.83. The maximum absolute atomic E-state index is 13.5. The second-order valence-electron chi connectivity index (χ2n) is 4.01. The van der Waals surface area contributed by atoms with Crippen LogP contribution >= 0.6 is 0 Å². The van der Waals surface area contributed by atoms with Gasteiger partial charge in [-0.2, -0.15) is 13.5 Å². The molecule has 2 aromatic rings. The summed E-state index contributed by atoms with van der Waals surface area (Å²) in [5, 5.41) is 13.7. The molecule has 1 aromatic heterocycles. The molecule has 0 fully saturated rings. The largest absolute Gasteiger partial charge is 0.478 e. The summed E-state index contributed by atoms with van der Waals surface area (Å²) >= 11 is 0. The zero-order valence-electron chi connectivity index (χ0n) is 10.2. The van der Waals surface area contributed by atoms with Gasteiger partial charge in [0.05, 0.1) is 11.9 Å². The van der Waals surface area contributed by atoms with Gasteiger partial charge >= 0.3 is 5.97 Å². The second-order valence-corrected chi connectivity index (χ2v) is 5.63. The van der Waals surface area contributed by atoms with Crippen molar-refractivity contribution in [2.75, 3.05) is 4.72 Å². The van der Waals surface area contributed by atoms with Gasteiger partial charge in [0.25, 0.3) is 10.0 Å². The summed E-state index contributed by atoms with van der Waals surface area (Å²) in [5.74, 6) is -2.22. The first-order valence-electron chi connectivity index (χ1n) is 5.37. The number of carbonyl (C=O) groups is 1. The van der Waals surface area contributed by atoms with Gasteiger partial charge in [-0.15, -0.1) is 0 Å². The highest BCUT2D eigenvalue weighted by Crippen LogP contribution is 2.21. The van der Waals surface area contributed by atoms with Gasteiger partial charge in [0.15, 0.2) is 5.03 Å². The molecule has 0 saturated heterocycles. The first-order valence-corrected chi connectivity index (χ1v) is 6.85. The molecule has 0 saturated carbocycles. The molecule has 106 valence electrons. The fourth-order valence-corrected chi connectivity index (χ4v) is 2.70. The number of benzene rings is 1. The first-order chi connectivity index (χ1) is 9.31. The van der Waals surface area contributed by atoms with E-state index >= 15 is 0 Å². The fourth-order valence-electron chi connectivity index (χ4n) is 1.54. The minimum atomic E-state index is -4.27. The number of aromatic nitrogens is 2. The van der Waals surface area contributed by atoms with Crippen molar-refractivity contribution in [1.29, 1.82) is 0 Å². The molecule has 0 amide bonds. The van der Waals surface area contributed by atoms with E-state index in [4.69, 9.17) is 5.11 Å². The van der Waals surface area contributed by atoms with Crippen LogP contribution in [-0.2, 0) is 10.0 Å². The number of hydrogen-bond acceptors (Lipinski definition) is 4. The smallest absolute Gasteiger partial charge is 0.340 e. The Balaban J connectivity index is 2.44. The highest BCUT2D eigenvalue weighted by atomic mass is 32.2. The molecule has 0 aliphatic carbocycles. The number of rotatable bonds is 4. The van der Waals surface area contributed by atoms with Crippen LogP contribution < -0.4 is 4.72 Å². The van der Waals surface area contributed by atoms with E-state index in [9.17, 15) is 17.6 Å². The molecule has 20 heavy (non-hydrogen) atoms. The van der Waals surface area contributed by atoms with Crippen molar-refractivity contribution in [2.24, 2.45) is 0 Å². The van der Waals surface area contributed by atoms with Crippen LogP contribution in [0.1, 0.15) is 15.9 Å². The quantitative estimate of drug-likeness (QED) is 0.789. The topological polar surface area (TPSA) is 112 Å². The lowest BCUT2D eigenvalue weighted by Gasteiger charge is -2.08. The molecule has 7 nitrogen and oxygen atoms in total. The molecule has 0 spiro atoms. The number of aryl methyl sites for hydroxylation is 1. The summed E-state index contributed by atoms with van der Waals surface area (Å²) in [6.07, 6.45) is 0.865. The van der Waals surface area contributed by atoms with Crippen LogP contribution in [0, 0.1) is 12.7 Å². The van der Waals surface area contributed by atoms with Gasteiger partial charge in [-0.05, 0) is 24.6 Å². The number of sulfonamides is 1. The summed E-state index contributed by atoms with van der Waals surface area (Å²) in [6.45, 7) is 1.66. The van der Waals surface area contributed by atoms with E-state index in [2.05, 4.69) is 10.2 Å². The summed E-state index contributed by atoms with van der Waals surface area (Å²) in [6, 6.07) is 3.88. The van der Waals surface area contributed by atoms with Crippen LogP contribution in [0.5, 0.6) is 0 Å². The molecule has 0 radical (unpaired) electrons. The molecular weight excluding hydrogens is 289 g/mol. The predicted molar refractivity (Wildman–Crippen MR) is 67.5 cm³/mol. The highest BCUT2D eigenvalue weighted by Gasteiger charge is 2.25. The Morgan fingerprint density at radius 2 is 2.15 bits per heavy atom. The Bertz CT molecular complexity index is 770. The van der Waals surface area contributed by atoms with Crippen molar-refractivity contribution < 1.29 is 22.7 Å². The summed E-state index contributed by atoms with van der Waals surface area (Å²) in [7, 11) is -4.27. The zero-order chi connectivity index (χ0) is 14.9. The molecular formula is C11H10FN3O4S. The number of hydrogen-bond donors (Lipinski definition) is 3. The SMILES string of the molecule is Cc1ccc(F)c(NS(=O)(=O)c2[nH]ncc2C(=O)O)c1. The van der Waals surface area contributed by atoms with Gasteiger partial charge in [-0.1, -0.05) is 6.07 Å². The molecule has 0 unspecified atom stereocenters. The van der Waals surface area contributed by atoms with Crippen molar-refractivity contribution in [3.63, 3.8) is 0 Å². The molecule has 0 bridgehead atoms. The van der Waals surface area contributed by atoms with E-state index in [1.54, 1.807) is 6.92 Å². The lowest BCUT2D eigenvalue weighted by molar-refractivity contribution is 0.0692. The van der Waals surface area contributed by atoms with Gasteiger partial charge in [0.1, 0.15) is 11.4 Å². The van der Waals surface area contributed by atoms with E-state index in [1.807, 2.05) is 4.72 Å². The Hall–Kier alpha value is -2.42. The fraction of sp³-hybridized carbons (Fsp3) is 0.0909. The Morgan fingerprint density at radius 3 is 2.80 bits per heavy atom. The van der Waals surface area contributed by atoms with Gasteiger partial charge < -0.3 is 5.11 Å². The standard InChI is InChI=1S/C11H10FN3O4S/c1-6-2-3-8(12)9(4-6)15-20(18,19)10-7(11(16)17)5-13-14-10/h2-5,15H,1H3,(H,13,14)(H,16,17). The lowest BCUT2D eigenvalue weighted by Crippen LogP contribution is -2.17. The molecule has 3 N–H and O–H groups in total. The van der Waals surface area contributed by atoms with Crippen molar-refractivity contribution in [3.8, 4) is 0 Å². The first kappa shape index (κ1) is 14.0. The van der Waals surface area contributed by atoms with E-state index in [0.717, 1.165) is 12.3 Å². The van der Waals surface area contributed by atoms with E-state index in [1.165, 1.54) is 12.1 Å². The number of carboxylic acids is 1. The predicted octanol–water partition coefficient (Wildman–Crippen LogP) is 1.36. The number of halogens is 1. The number of nitrogens with one attached hydrogen (secondary N) is 2. The molecule has 0 aliphatic heterocycles. The number of aromatic carboxylic acids is 1. The maximum Gasteiger partial charge on any atom is 0.340 e. The van der Waals surface area contributed by atoms with Crippen molar-refractivity contribution in [1.82, 2.24) is 10.2 Å². The third-order valence-electron chi connectivity index (χ3n) is 2.47. The molecule has 0 aliphatic rings. The number of carboxylic acid groups (broad SMARTS) is 1. The van der Waals surface area contributed by atoms with Crippen molar-refractivity contribution >= 4 is 21.7 Å². The van der Waals surface area contributed by atoms with Crippen LogP contribution in [0.4, 0.5) is 10.1 Å². The van der Waals surface area contributed by atoms with Gasteiger partial charge in [-0.3, -0.25) is 9.82 Å². The summed E-state index contributed by atoms with van der Waals surface area (Å²) in [4.78, 5) is 10.9. The van der Waals surface area contributed by atoms with Crippen LogP contribution in [0.15, 0.2) is 29.4 Å². The van der Waals surface area contributed by atoms with E-state index < -0.39 is 32.4 Å². The van der Waals surface area contributed by atoms with Gasteiger partial charge in [-0.25, -0.2) is 9.18 Å². The second kappa shape index (κ2) is 4.93. The van der Waals surface area contributed by atoms with Gasteiger partial charge in [0, 0.05) is 0 Å². The average molecular weight is 299 g/mol. The molecule has 9 heteroatoms. The number of H-pyrrole nitrogens is 1. The number of aromatic amines is 1. The summed E-state index contributed by atoms with van der Waals surface area (Å²) in [5.41, 5.74) is -0.145. The maximum atomic E-state index is 13.5. The van der Waals surface area contributed by atoms with Crippen molar-refractivity contribution in [3.05, 3.63) is 41.3 Å². The third kappa shape index (κ3) is 2.62. The van der Waals surface area contributed by atoms with Crippen LogP contribution in [-0.4, -0.2) is 29.7 Å².